The molecule has 0 radical (unpaired) electrons. The minimum Gasteiger partial charge on any atom is -0.355 e. The molecule has 0 saturated heterocycles. The number of hydrogen-bond acceptors (Lipinski definition) is 2. The first-order chi connectivity index (χ1) is 9.48. The molecule has 0 heterocycles. The Morgan fingerprint density at radius 3 is 2.40 bits per heavy atom. The van der Waals surface area contributed by atoms with E-state index in [0.717, 1.165) is 12.8 Å². The van der Waals surface area contributed by atoms with Gasteiger partial charge in [-0.1, -0.05) is 30.3 Å². The third-order valence-corrected chi connectivity index (χ3v) is 3.18. The first-order valence-electron chi connectivity index (χ1n) is 6.61. The normalized spacial score (nSPS) is 16.8. The van der Waals surface area contributed by atoms with E-state index >= 15 is 0 Å². The van der Waals surface area contributed by atoms with Gasteiger partial charge < -0.3 is 10.6 Å². The van der Waals surface area contributed by atoms with Gasteiger partial charge in [-0.25, -0.2) is 0 Å². The van der Waals surface area contributed by atoms with E-state index in [1.807, 2.05) is 0 Å². The predicted molar refractivity (Wildman–Crippen MR) is 69.0 cm³/mol. The van der Waals surface area contributed by atoms with Crippen LogP contribution >= 0.6 is 0 Å². The molecule has 1 aromatic carbocycles. The number of rotatable bonds is 6. The standard InChI is InChI=1S/C14H17F3N2O/c15-14(16,17)12(10-4-2-1-3-5-10)18-8-9-19-13(20)11-6-7-11/h1-5,11-12,18H,6-9H2,(H,19,20). The molecular weight excluding hydrogens is 269 g/mol. The lowest BCUT2D eigenvalue weighted by Gasteiger charge is -2.22. The zero-order valence-corrected chi connectivity index (χ0v) is 10.9. The molecule has 1 saturated carbocycles. The van der Waals surface area contributed by atoms with Crippen molar-refractivity contribution in [3.63, 3.8) is 0 Å². The molecule has 0 bridgehead atoms. The van der Waals surface area contributed by atoms with Gasteiger partial charge in [-0.05, 0) is 18.4 Å². The van der Waals surface area contributed by atoms with Gasteiger partial charge in [0.2, 0.25) is 5.91 Å². The number of amides is 1. The number of halogens is 3. The quantitative estimate of drug-likeness (QED) is 0.788. The lowest BCUT2D eigenvalue weighted by Crippen LogP contribution is -2.39. The second-order valence-corrected chi connectivity index (χ2v) is 4.90. The molecule has 1 aromatic rings. The van der Waals surface area contributed by atoms with Crippen LogP contribution in [0.3, 0.4) is 0 Å². The summed E-state index contributed by atoms with van der Waals surface area (Å²) < 4.78 is 38.9. The summed E-state index contributed by atoms with van der Waals surface area (Å²) in [4.78, 5) is 11.4. The average molecular weight is 286 g/mol. The summed E-state index contributed by atoms with van der Waals surface area (Å²) in [6.45, 7) is 0.284. The molecule has 6 heteroatoms. The van der Waals surface area contributed by atoms with Crippen LogP contribution in [0.15, 0.2) is 30.3 Å². The van der Waals surface area contributed by atoms with Crippen LogP contribution in [0.2, 0.25) is 0 Å². The zero-order chi connectivity index (χ0) is 14.6. The van der Waals surface area contributed by atoms with Crippen LogP contribution in [-0.2, 0) is 4.79 Å². The number of nitrogens with one attached hydrogen (secondary N) is 2. The van der Waals surface area contributed by atoms with Crippen molar-refractivity contribution in [1.82, 2.24) is 10.6 Å². The molecule has 1 unspecified atom stereocenters. The van der Waals surface area contributed by atoms with Crippen molar-refractivity contribution in [2.75, 3.05) is 13.1 Å². The molecule has 0 spiro atoms. The summed E-state index contributed by atoms with van der Waals surface area (Å²) in [5.41, 5.74) is 0.175. The van der Waals surface area contributed by atoms with Crippen molar-refractivity contribution in [2.45, 2.75) is 25.1 Å². The Morgan fingerprint density at radius 1 is 1.20 bits per heavy atom. The Kier molecular flexibility index (Phi) is 4.65. The van der Waals surface area contributed by atoms with Crippen molar-refractivity contribution in [3.05, 3.63) is 35.9 Å². The number of alkyl halides is 3. The summed E-state index contributed by atoms with van der Waals surface area (Å²) >= 11 is 0. The van der Waals surface area contributed by atoms with Crippen molar-refractivity contribution < 1.29 is 18.0 Å². The van der Waals surface area contributed by atoms with Crippen LogP contribution < -0.4 is 10.6 Å². The summed E-state index contributed by atoms with van der Waals surface area (Å²) in [5, 5.41) is 5.09. The van der Waals surface area contributed by atoms with Crippen LogP contribution in [-0.4, -0.2) is 25.2 Å². The highest BCUT2D eigenvalue weighted by Crippen LogP contribution is 2.32. The van der Waals surface area contributed by atoms with Gasteiger partial charge in [0.25, 0.3) is 0 Å². The minimum absolute atomic E-state index is 0.0601. The molecular formula is C14H17F3N2O. The smallest absolute Gasteiger partial charge is 0.355 e. The molecule has 110 valence electrons. The van der Waals surface area contributed by atoms with Gasteiger partial charge in [0, 0.05) is 19.0 Å². The number of hydrogen-bond donors (Lipinski definition) is 2. The van der Waals surface area contributed by atoms with Crippen LogP contribution in [0.5, 0.6) is 0 Å². The molecule has 0 aromatic heterocycles. The molecule has 1 aliphatic carbocycles. The Bertz CT molecular complexity index is 443. The van der Waals surface area contributed by atoms with Crippen molar-refractivity contribution in [2.24, 2.45) is 5.92 Å². The monoisotopic (exact) mass is 286 g/mol. The topological polar surface area (TPSA) is 41.1 Å². The third-order valence-electron chi connectivity index (χ3n) is 3.18. The van der Waals surface area contributed by atoms with Gasteiger partial charge in [0.1, 0.15) is 6.04 Å². The fourth-order valence-corrected chi connectivity index (χ4v) is 1.96. The van der Waals surface area contributed by atoms with Crippen LogP contribution in [0.25, 0.3) is 0 Å². The van der Waals surface area contributed by atoms with Gasteiger partial charge in [0.15, 0.2) is 0 Å². The predicted octanol–water partition coefficient (Wildman–Crippen LogP) is 2.41. The lowest BCUT2D eigenvalue weighted by atomic mass is 10.1. The van der Waals surface area contributed by atoms with Crippen molar-refractivity contribution in [3.8, 4) is 0 Å². The van der Waals surface area contributed by atoms with E-state index in [-0.39, 0.29) is 30.5 Å². The van der Waals surface area contributed by atoms with E-state index in [2.05, 4.69) is 10.6 Å². The maximum absolute atomic E-state index is 13.0. The van der Waals surface area contributed by atoms with Crippen LogP contribution in [0.4, 0.5) is 13.2 Å². The van der Waals surface area contributed by atoms with Crippen molar-refractivity contribution >= 4 is 5.91 Å². The van der Waals surface area contributed by atoms with Crippen LogP contribution in [0.1, 0.15) is 24.4 Å². The number of carbonyl (C=O) groups is 1. The average Bonchev–Trinajstić information content (AvgIpc) is 3.22. The van der Waals surface area contributed by atoms with Gasteiger partial charge in [0.05, 0.1) is 0 Å². The first-order valence-corrected chi connectivity index (χ1v) is 6.61. The fourth-order valence-electron chi connectivity index (χ4n) is 1.96. The van der Waals surface area contributed by atoms with Gasteiger partial charge >= 0.3 is 6.18 Å². The fraction of sp³-hybridized carbons (Fsp3) is 0.500. The first kappa shape index (κ1) is 14.8. The second-order valence-electron chi connectivity index (χ2n) is 4.90. The van der Waals surface area contributed by atoms with E-state index in [9.17, 15) is 18.0 Å². The summed E-state index contributed by atoms with van der Waals surface area (Å²) in [5.74, 6) is 0.0117. The molecule has 1 aliphatic rings. The lowest BCUT2D eigenvalue weighted by molar-refractivity contribution is -0.157. The minimum atomic E-state index is -4.36. The maximum Gasteiger partial charge on any atom is 0.407 e. The molecule has 1 atom stereocenters. The van der Waals surface area contributed by atoms with Gasteiger partial charge in [-0.3, -0.25) is 4.79 Å². The molecule has 20 heavy (non-hydrogen) atoms. The van der Waals surface area contributed by atoms with Gasteiger partial charge in [-0.2, -0.15) is 13.2 Å². The van der Waals surface area contributed by atoms with E-state index in [4.69, 9.17) is 0 Å². The third kappa shape index (κ3) is 4.23. The number of carbonyl (C=O) groups excluding carboxylic acids is 1. The largest absolute Gasteiger partial charge is 0.407 e. The number of benzene rings is 1. The van der Waals surface area contributed by atoms with Crippen molar-refractivity contribution in [1.29, 1.82) is 0 Å². The van der Waals surface area contributed by atoms with Crippen LogP contribution in [0, 0.1) is 5.92 Å². The highest BCUT2D eigenvalue weighted by atomic mass is 19.4. The Hall–Kier alpha value is -1.56. The molecule has 1 fully saturated rings. The SMILES string of the molecule is O=C(NCCNC(c1ccccc1)C(F)(F)F)C1CC1. The second kappa shape index (κ2) is 6.26. The maximum atomic E-state index is 13.0. The zero-order valence-electron chi connectivity index (χ0n) is 10.9. The molecule has 2 rings (SSSR count). The van der Waals surface area contributed by atoms with E-state index in [1.165, 1.54) is 12.1 Å². The molecule has 3 nitrogen and oxygen atoms in total. The summed E-state index contributed by atoms with van der Waals surface area (Å²) in [7, 11) is 0. The molecule has 0 aliphatic heterocycles. The Morgan fingerprint density at radius 2 is 1.85 bits per heavy atom. The summed E-state index contributed by atoms with van der Waals surface area (Å²) in [6, 6.07) is 5.99. The van der Waals surface area contributed by atoms with E-state index in [1.54, 1.807) is 18.2 Å². The molecule has 2 N–H and O–H groups in total. The van der Waals surface area contributed by atoms with E-state index < -0.39 is 12.2 Å². The van der Waals surface area contributed by atoms with E-state index in [0.29, 0.717) is 0 Å². The van der Waals surface area contributed by atoms with Gasteiger partial charge in [-0.15, -0.1) is 0 Å². The molecule has 1 amide bonds. The highest BCUT2D eigenvalue weighted by Gasteiger charge is 2.40. The Balaban J connectivity index is 1.84. The Labute approximate surface area is 115 Å². The summed E-state index contributed by atoms with van der Waals surface area (Å²) in [6.07, 6.45) is -2.59. The highest BCUT2D eigenvalue weighted by molar-refractivity contribution is 5.80.